The predicted octanol–water partition coefficient (Wildman–Crippen LogP) is -0.949. The number of carboxylic acid groups (broad SMARTS) is 2. The molecule has 0 spiro atoms. The van der Waals surface area contributed by atoms with E-state index in [9.17, 15) is 38.9 Å². The molecule has 2 heterocycles. The van der Waals surface area contributed by atoms with Crippen LogP contribution in [0.2, 0.25) is 0 Å². The quantitative estimate of drug-likeness (QED) is 0.0826. The van der Waals surface area contributed by atoms with E-state index in [1.54, 1.807) is 20.8 Å². The van der Waals surface area contributed by atoms with E-state index in [4.69, 9.17) is 9.84 Å². The van der Waals surface area contributed by atoms with Gasteiger partial charge in [-0.3, -0.25) is 43.7 Å². The van der Waals surface area contributed by atoms with Crippen LogP contribution in [0.3, 0.4) is 0 Å². The lowest BCUT2D eigenvalue weighted by atomic mass is 10.1. The molecule has 0 saturated carbocycles. The first-order valence-electron chi connectivity index (χ1n) is 14.0. The largest absolute Gasteiger partial charge is 0.491 e. The van der Waals surface area contributed by atoms with Crippen molar-refractivity contribution < 1.29 is 38.9 Å². The van der Waals surface area contributed by atoms with Gasteiger partial charge in [-0.2, -0.15) is 0 Å². The van der Waals surface area contributed by atoms with Crippen LogP contribution in [0.25, 0.3) is 0 Å². The van der Waals surface area contributed by atoms with Gasteiger partial charge in [-0.25, -0.2) is 0 Å². The van der Waals surface area contributed by atoms with Crippen molar-refractivity contribution in [3.8, 4) is 5.75 Å². The molecule has 2 atom stereocenters. The Morgan fingerprint density at radius 3 is 2.25 bits per heavy atom. The highest BCUT2D eigenvalue weighted by Crippen LogP contribution is 2.20. The summed E-state index contributed by atoms with van der Waals surface area (Å²) in [6.45, 7) is 2.43. The van der Waals surface area contributed by atoms with E-state index in [0.29, 0.717) is 63.4 Å². The van der Waals surface area contributed by atoms with Crippen molar-refractivity contribution in [2.45, 2.75) is 31.3 Å². The zero-order valence-corrected chi connectivity index (χ0v) is 24.2. The van der Waals surface area contributed by atoms with Crippen molar-refractivity contribution in [1.82, 2.24) is 30.3 Å². The van der Waals surface area contributed by atoms with Gasteiger partial charge in [-0.05, 0) is 31.0 Å². The van der Waals surface area contributed by atoms with Gasteiger partial charge in [0.25, 0.3) is 5.91 Å². The first-order chi connectivity index (χ1) is 21.2. The fraction of sp³-hybridized carbons (Fsp3) is 0.615. The monoisotopic (exact) mass is 622 g/mol. The van der Waals surface area contributed by atoms with Crippen LogP contribution in [0.4, 0.5) is 0 Å². The van der Waals surface area contributed by atoms with E-state index in [0.717, 1.165) is 0 Å². The molecular formula is C26H38N8O10. The summed E-state index contributed by atoms with van der Waals surface area (Å²) < 4.78 is 5.67. The summed E-state index contributed by atoms with van der Waals surface area (Å²) in [5, 5.41) is 29.0. The van der Waals surface area contributed by atoms with Gasteiger partial charge in [0, 0.05) is 62.4 Å². The molecule has 1 fully saturated rings. The standard InChI is InChI=1S/C26H38N8O10/c35-18-29-21(13-24(37)38)19-12-20(15-28-14-19)44-11-4-27-3-1-2-22(26(41)31-43)34-9-7-32(16-23(36)30-42)5-6-33(8-10-34)17-25(39)40/h12,14-15,18,21-22,27H,1-11,13,16-17H2,(H,29,35)(H,37,38)(H,39,40)/t21-,22?/m0/s1. The Bertz CT molecular complexity index is 1140. The molecule has 1 aliphatic rings. The highest BCUT2D eigenvalue weighted by Gasteiger charge is 2.29. The van der Waals surface area contributed by atoms with E-state index in [1.165, 1.54) is 12.4 Å². The number of carboxylic acids is 2. The first kappa shape index (κ1) is 35.9. The number of pyridine rings is 1. The molecule has 2 rings (SSSR count). The lowest BCUT2D eigenvalue weighted by Gasteiger charge is -2.30. The molecule has 1 saturated heterocycles. The number of aliphatic carboxylic acids is 2. The smallest absolute Gasteiger partial charge is 0.317 e. The first-order valence-corrected chi connectivity index (χ1v) is 14.0. The fourth-order valence-electron chi connectivity index (χ4n) is 4.74. The van der Waals surface area contributed by atoms with E-state index >= 15 is 0 Å². The van der Waals surface area contributed by atoms with Gasteiger partial charge in [-0.1, -0.05) is 0 Å². The van der Waals surface area contributed by atoms with E-state index in [1.807, 2.05) is 0 Å². The minimum Gasteiger partial charge on any atom is -0.491 e. The summed E-state index contributed by atoms with van der Waals surface area (Å²) in [6, 6.07) is -0.0207. The number of nitrogens with zero attached hydrogens (tertiary/aromatic N) is 6. The number of aromatic nitrogens is 1. The van der Waals surface area contributed by atoms with Crippen LogP contribution < -0.4 is 15.4 Å². The van der Waals surface area contributed by atoms with Crippen LogP contribution in [-0.2, 0) is 24.0 Å². The van der Waals surface area contributed by atoms with Gasteiger partial charge in [0.1, 0.15) is 12.4 Å². The third-order valence-electron chi connectivity index (χ3n) is 6.94. The number of nitroso groups, excluding NO2 is 2. The number of amides is 3. The van der Waals surface area contributed by atoms with Crippen LogP contribution in [0, 0.1) is 9.81 Å². The molecule has 44 heavy (non-hydrogen) atoms. The van der Waals surface area contributed by atoms with Crippen LogP contribution in [-0.4, -0.2) is 138 Å². The van der Waals surface area contributed by atoms with Gasteiger partial charge in [0.2, 0.25) is 6.41 Å². The van der Waals surface area contributed by atoms with Gasteiger partial charge in [0.05, 0.1) is 37.8 Å². The van der Waals surface area contributed by atoms with Crippen LogP contribution in [0.5, 0.6) is 5.75 Å². The second-order valence-electron chi connectivity index (χ2n) is 10.0. The third-order valence-corrected chi connectivity index (χ3v) is 6.94. The summed E-state index contributed by atoms with van der Waals surface area (Å²) in [6.07, 6.45) is 3.78. The Hall–Kier alpha value is -4.26. The molecule has 4 N–H and O–H groups in total. The van der Waals surface area contributed by atoms with Gasteiger partial charge < -0.3 is 25.6 Å². The molecule has 1 aromatic rings. The maximum absolute atomic E-state index is 12.5. The number of ether oxygens (including phenoxy) is 1. The second kappa shape index (κ2) is 19.8. The van der Waals surface area contributed by atoms with Gasteiger partial charge in [0.15, 0.2) is 0 Å². The number of nitrogens with one attached hydrogen (secondary N) is 2. The van der Waals surface area contributed by atoms with Crippen molar-refractivity contribution in [3.63, 3.8) is 0 Å². The topological polar surface area (TPSA) is 241 Å². The molecule has 0 radical (unpaired) electrons. The summed E-state index contributed by atoms with van der Waals surface area (Å²) in [7, 11) is 0. The van der Waals surface area contributed by atoms with Crippen LogP contribution in [0.1, 0.15) is 30.9 Å². The van der Waals surface area contributed by atoms with Gasteiger partial charge >= 0.3 is 17.8 Å². The number of carbonyl (C=O) groups excluding carboxylic acids is 3. The lowest BCUT2D eigenvalue weighted by molar-refractivity contribution is -0.139. The molecule has 1 aromatic heterocycles. The summed E-state index contributed by atoms with van der Waals surface area (Å²) in [4.78, 5) is 88.3. The number of hydrogen-bond acceptors (Lipinski definition) is 13. The molecule has 0 aliphatic carbocycles. The molecule has 3 amide bonds. The van der Waals surface area contributed by atoms with Crippen LogP contribution in [0.15, 0.2) is 28.8 Å². The molecular weight excluding hydrogens is 584 g/mol. The van der Waals surface area contributed by atoms with Crippen molar-refractivity contribution in [2.24, 2.45) is 10.4 Å². The van der Waals surface area contributed by atoms with Crippen molar-refractivity contribution in [1.29, 1.82) is 0 Å². The SMILES string of the molecule is O=CN[C@@H](CC(=O)O)c1cncc(OCCNCCCC(C(=O)N=O)N2CCN(CC(=O)O)CCN(CC(=O)N=O)CC2)c1. The van der Waals surface area contributed by atoms with Gasteiger partial charge in [-0.15, -0.1) is 9.81 Å². The molecule has 242 valence electrons. The maximum Gasteiger partial charge on any atom is 0.317 e. The zero-order chi connectivity index (χ0) is 32.3. The Morgan fingerprint density at radius 2 is 1.64 bits per heavy atom. The average molecular weight is 623 g/mol. The summed E-state index contributed by atoms with van der Waals surface area (Å²) in [5.74, 6) is -3.45. The minimum atomic E-state index is -1.08. The minimum absolute atomic E-state index is 0.240. The molecule has 18 heteroatoms. The zero-order valence-electron chi connectivity index (χ0n) is 24.2. The van der Waals surface area contributed by atoms with Crippen LogP contribution >= 0.6 is 0 Å². The number of hydrogen-bond donors (Lipinski definition) is 4. The second-order valence-corrected chi connectivity index (χ2v) is 10.0. The number of rotatable bonds is 19. The molecule has 18 nitrogen and oxygen atoms in total. The molecule has 0 aromatic carbocycles. The highest BCUT2D eigenvalue weighted by molar-refractivity contribution is 5.82. The van der Waals surface area contributed by atoms with E-state index < -0.39 is 35.8 Å². The predicted molar refractivity (Wildman–Crippen MR) is 154 cm³/mol. The Kier molecular flexibility index (Phi) is 16.2. The van der Waals surface area contributed by atoms with Crippen molar-refractivity contribution >= 4 is 30.2 Å². The van der Waals surface area contributed by atoms with Crippen molar-refractivity contribution in [3.05, 3.63) is 33.8 Å². The highest BCUT2D eigenvalue weighted by atomic mass is 16.5. The van der Waals surface area contributed by atoms with E-state index in [2.05, 4.69) is 26.0 Å². The lowest BCUT2D eigenvalue weighted by Crippen LogP contribution is -2.47. The average Bonchev–Trinajstić information content (AvgIpc) is 3.08. The summed E-state index contributed by atoms with van der Waals surface area (Å²) in [5.41, 5.74) is 0.477. The summed E-state index contributed by atoms with van der Waals surface area (Å²) >= 11 is 0. The number of carbonyl (C=O) groups is 5. The Labute approximate surface area is 253 Å². The Morgan fingerprint density at radius 1 is 0.955 bits per heavy atom. The Balaban J connectivity index is 1.90. The van der Waals surface area contributed by atoms with E-state index in [-0.39, 0.29) is 45.6 Å². The normalized spacial score (nSPS) is 16.4. The molecule has 0 bridgehead atoms. The maximum atomic E-state index is 12.5. The molecule has 1 aliphatic heterocycles. The fourth-order valence-corrected chi connectivity index (χ4v) is 4.74. The third kappa shape index (κ3) is 13.4. The molecule has 1 unspecified atom stereocenters. The van der Waals surface area contributed by atoms with Crippen molar-refractivity contribution in [2.75, 3.05) is 72.1 Å².